The Hall–Kier alpha value is -2.40. The molecule has 5 heteroatoms. The molecular formula is C17H19N3O2. The summed E-state index contributed by atoms with van der Waals surface area (Å²) in [5, 5.41) is 0. The number of hydrogen-bond acceptors (Lipinski definition) is 4. The van der Waals surface area contributed by atoms with E-state index in [0.717, 1.165) is 26.1 Å². The number of benzene rings is 1. The van der Waals surface area contributed by atoms with Gasteiger partial charge in [0.25, 0.3) is 5.91 Å². The molecule has 0 aliphatic carbocycles. The van der Waals surface area contributed by atoms with Crippen molar-refractivity contribution in [1.29, 1.82) is 0 Å². The van der Waals surface area contributed by atoms with Crippen LogP contribution in [0, 0.1) is 0 Å². The van der Waals surface area contributed by atoms with Crippen molar-refractivity contribution in [3.8, 4) is 5.75 Å². The number of aromatic nitrogens is 1. The van der Waals surface area contributed by atoms with E-state index in [0.29, 0.717) is 5.75 Å². The second-order valence-electron chi connectivity index (χ2n) is 5.48. The van der Waals surface area contributed by atoms with Crippen LogP contribution >= 0.6 is 0 Å². The fourth-order valence-corrected chi connectivity index (χ4v) is 2.52. The topological polar surface area (TPSA) is 68.5 Å². The van der Waals surface area contributed by atoms with Crippen LogP contribution in [0.5, 0.6) is 5.75 Å². The van der Waals surface area contributed by atoms with Gasteiger partial charge < -0.3 is 10.5 Å². The van der Waals surface area contributed by atoms with Crippen molar-refractivity contribution in [1.82, 2.24) is 9.88 Å². The molecule has 0 bridgehead atoms. The second kappa shape index (κ2) is 6.58. The molecule has 0 atom stereocenters. The number of hydrogen-bond donors (Lipinski definition) is 1. The second-order valence-corrected chi connectivity index (χ2v) is 5.48. The summed E-state index contributed by atoms with van der Waals surface area (Å²) >= 11 is 0. The maximum atomic E-state index is 11.1. The van der Waals surface area contributed by atoms with Gasteiger partial charge in [0.05, 0.1) is 0 Å². The molecular weight excluding hydrogens is 278 g/mol. The first kappa shape index (κ1) is 14.5. The summed E-state index contributed by atoms with van der Waals surface area (Å²) in [6.07, 6.45) is 2.76. The smallest absolute Gasteiger partial charge is 0.267 e. The molecule has 0 unspecified atom stereocenters. The van der Waals surface area contributed by atoms with Crippen molar-refractivity contribution in [2.45, 2.75) is 12.5 Å². The fraction of sp³-hybridized carbons (Fsp3) is 0.294. The van der Waals surface area contributed by atoms with Gasteiger partial charge in [-0.1, -0.05) is 30.3 Å². The molecule has 1 aromatic carbocycles. The van der Waals surface area contributed by atoms with E-state index in [-0.39, 0.29) is 11.8 Å². The molecule has 2 aromatic rings. The van der Waals surface area contributed by atoms with Gasteiger partial charge in [-0.15, -0.1) is 0 Å². The number of carbonyl (C=O) groups is 1. The van der Waals surface area contributed by atoms with E-state index in [2.05, 4.69) is 34.1 Å². The third kappa shape index (κ3) is 3.62. The van der Waals surface area contributed by atoms with Crippen LogP contribution in [0.1, 0.15) is 16.1 Å². The minimum atomic E-state index is -0.538. The number of rotatable bonds is 6. The van der Waals surface area contributed by atoms with Gasteiger partial charge in [0.2, 0.25) is 0 Å². The van der Waals surface area contributed by atoms with Crippen LogP contribution in [0.3, 0.4) is 0 Å². The zero-order valence-corrected chi connectivity index (χ0v) is 12.3. The highest BCUT2D eigenvalue weighted by atomic mass is 16.5. The Bertz CT molecular complexity index is 639. The SMILES string of the molecule is NC(=O)c1cc(OC2CN(CCc3ccccc3)C2)ccn1. The molecule has 1 fully saturated rings. The van der Waals surface area contributed by atoms with E-state index < -0.39 is 5.91 Å². The molecule has 0 radical (unpaired) electrons. The minimum Gasteiger partial charge on any atom is -0.488 e. The maximum Gasteiger partial charge on any atom is 0.267 e. The van der Waals surface area contributed by atoms with Gasteiger partial charge in [-0.25, -0.2) is 0 Å². The lowest BCUT2D eigenvalue weighted by Gasteiger charge is -2.39. The quantitative estimate of drug-likeness (QED) is 0.877. The molecule has 3 rings (SSSR count). The number of nitrogens with zero attached hydrogens (tertiary/aromatic N) is 2. The Morgan fingerprint density at radius 3 is 2.77 bits per heavy atom. The lowest BCUT2D eigenvalue weighted by molar-refractivity contribution is 0.0208. The Morgan fingerprint density at radius 1 is 1.27 bits per heavy atom. The predicted octanol–water partition coefficient (Wildman–Crippen LogP) is 1.49. The van der Waals surface area contributed by atoms with Crippen molar-refractivity contribution in [2.24, 2.45) is 5.73 Å². The lowest BCUT2D eigenvalue weighted by Crippen LogP contribution is -2.54. The zero-order valence-electron chi connectivity index (χ0n) is 12.3. The van der Waals surface area contributed by atoms with Gasteiger partial charge >= 0.3 is 0 Å². The fourth-order valence-electron chi connectivity index (χ4n) is 2.52. The van der Waals surface area contributed by atoms with Crippen molar-refractivity contribution in [2.75, 3.05) is 19.6 Å². The molecule has 1 amide bonds. The van der Waals surface area contributed by atoms with Crippen molar-refractivity contribution in [3.63, 3.8) is 0 Å². The summed E-state index contributed by atoms with van der Waals surface area (Å²) in [4.78, 5) is 17.3. The first-order valence-electron chi connectivity index (χ1n) is 7.39. The van der Waals surface area contributed by atoms with Crippen LogP contribution in [0.15, 0.2) is 48.7 Å². The lowest BCUT2D eigenvalue weighted by atomic mass is 10.1. The van der Waals surface area contributed by atoms with E-state index in [1.54, 1.807) is 18.3 Å². The van der Waals surface area contributed by atoms with E-state index in [9.17, 15) is 4.79 Å². The van der Waals surface area contributed by atoms with Gasteiger partial charge in [-0.2, -0.15) is 0 Å². The molecule has 2 heterocycles. The first-order chi connectivity index (χ1) is 10.7. The molecule has 114 valence electrons. The van der Waals surface area contributed by atoms with Gasteiger partial charge in [-0.05, 0) is 18.1 Å². The van der Waals surface area contributed by atoms with Crippen LogP contribution in [-0.2, 0) is 6.42 Å². The molecule has 1 aliphatic heterocycles. The number of amides is 1. The van der Waals surface area contributed by atoms with Gasteiger partial charge in [0, 0.05) is 31.9 Å². The van der Waals surface area contributed by atoms with E-state index in [1.165, 1.54) is 5.56 Å². The molecule has 22 heavy (non-hydrogen) atoms. The number of ether oxygens (including phenoxy) is 1. The summed E-state index contributed by atoms with van der Waals surface area (Å²) in [5.41, 5.74) is 6.80. The summed E-state index contributed by atoms with van der Waals surface area (Å²) in [5.74, 6) is 0.111. The highest BCUT2D eigenvalue weighted by Crippen LogP contribution is 2.18. The van der Waals surface area contributed by atoms with E-state index >= 15 is 0 Å². The van der Waals surface area contributed by atoms with E-state index in [4.69, 9.17) is 10.5 Å². The van der Waals surface area contributed by atoms with Gasteiger partial charge in [0.1, 0.15) is 17.5 Å². The molecule has 2 N–H and O–H groups in total. The van der Waals surface area contributed by atoms with Gasteiger partial charge in [0.15, 0.2) is 0 Å². The molecule has 5 nitrogen and oxygen atoms in total. The van der Waals surface area contributed by atoms with Crippen LogP contribution in [0.2, 0.25) is 0 Å². The average molecular weight is 297 g/mol. The Labute approximate surface area is 129 Å². The maximum absolute atomic E-state index is 11.1. The van der Waals surface area contributed by atoms with Crippen LogP contribution in [0.4, 0.5) is 0 Å². The van der Waals surface area contributed by atoms with Crippen molar-refractivity contribution in [3.05, 3.63) is 59.9 Å². The van der Waals surface area contributed by atoms with Crippen molar-refractivity contribution < 1.29 is 9.53 Å². The molecule has 1 aliphatic rings. The average Bonchev–Trinajstić information content (AvgIpc) is 2.50. The summed E-state index contributed by atoms with van der Waals surface area (Å²) in [6, 6.07) is 13.8. The highest BCUT2D eigenvalue weighted by Gasteiger charge is 2.28. The summed E-state index contributed by atoms with van der Waals surface area (Å²) < 4.78 is 5.83. The Balaban J connectivity index is 1.44. The number of carbonyl (C=O) groups excluding carboxylic acids is 1. The number of nitrogens with two attached hydrogens (primary N) is 1. The van der Waals surface area contributed by atoms with Crippen LogP contribution < -0.4 is 10.5 Å². The third-order valence-electron chi connectivity index (χ3n) is 3.77. The predicted molar refractivity (Wildman–Crippen MR) is 83.8 cm³/mol. The van der Waals surface area contributed by atoms with Crippen molar-refractivity contribution >= 4 is 5.91 Å². The number of likely N-dealkylation sites (tertiary alicyclic amines) is 1. The number of primary amides is 1. The molecule has 0 saturated carbocycles. The summed E-state index contributed by atoms with van der Waals surface area (Å²) in [7, 11) is 0. The largest absolute Gasteiger partial charge is 0.488 e. The minimum absolute atomic E-state index is 0.166. The highest BCUT2D eigenvalue weighted by molar-refractivity contribution is 5.91. The normalized spacial score (nSPS) is 15.3. The molecule has 0 spiro atoms. The molecule has 1 saturated heterocycles. The Morgan fingerprint density at radius 2 is 2.05 bits per heavy atom. The van der Waals surface area contributed by atoms with Crippen LogP contribution in [-0.4, -0.2) is 41.5 Å². The number of pyridine rings is 1. The Kier molecular flexibility index (Phi) is 4.34. The third-order valence-corrected chi connectivity index (χ3v) is 3.77. The monoisotopic (exact) mass is 297 g/mol. The first-order valence-corrected chi connectivity index (χ1v) is 7.39. The van der Waals surface area contributed by atoms with E-state index in [1.807, 2.05) is 6.07 Å². The molecule has 1 aromatic heterocycles. The zero-order chi connectivity index (χ0) is 15.4. The standard InChI is InChI=1S/C17H19N3O2/c18-17(21)16-10-14(6-8-19-16)22-15-11-20(12-15)9-7-13-4-2-1-3-5-13/h1-6,8,10,15H,7,9,11-12H2,(H2,18,21). The van der Waals surface area contributed by atoms with Gasteiger partial charge in [-0.3, -0.25) is 14.7 Å². The van der Waals surface area contributed by atoms with Crippen LogP contribution in [0.25, 0.3) is 0 Å². The summed E-state index contributed by atoms with van der Waals surface area (Å²) in [6.45, 7) is 2.84.